The van der Waals surface area contributed by atoms with Crippen LogP contribution in [0, 0.1) is 17.8 Å². The van der Waals surface area contributed by atoms with Crippen molar-refractivity contribution >= 4 is 16.7 Å². The molecule has 3 aromatic carbocycles. The van der Waals surface area contributed by atoms with E-state index in [0.29, 0.717) is 17.8 Å². The SMILES string of the molecule is O=C(O)[C@@H](C1CCCCC1)N1CC(c2ccccc2)[C@@H](CN2CCC(CCc3cccc4ccccc34)CC2)C1. The average molecular weight is 539 g/mol. The molecule has 3 fully saturated rings. The lowest BCUT2D eigenvalue weighted by Crippen LogP contribution is -2.46. The molecule has 1 unspecified atom stereocenters. The van der Waals surface area contributed by atoms with Crippen molar-refractivity contribution in [3.63, 3.8) is 0 Å². The molecule has 4 heteroatoms. The van der Waals surface area contributed by atoms with E-state index in [-0.39, 0.29) is 6.04 Å². The maximum atomic E-state index is 12.5. The van der Waals surface area contributed by atoms with Crippen molar-refractivity contribution in [2.75, 3.05) is 32.7 Å². The minimum Gasteiger partial charge on any atom is -0.480 e. The second-order valence-corrected chi connectivity index (χ2v) is 12.8. The molecule has 1 N–H and O–H groups in total. The van der Waals surface area contributed by atoms with Crippen LogP contribution >= 0.6 is 0 Å². The van der Waals surface area contributed by atoms with Gasteiger partial charge in [-0.2, -0.15) is 0 Å². The normalized spacial score (nSPS) is 24.4. The lowest BCUT2D eigenvalue weighted by atomic mass is 9.83. The lowest BCUT2D eigenvalue weighted by Gasteiger charge is -2.35. The molecule has 212 valence electrons. The monoisotopic (exact) mass is 538 g/mol. The molecule has 3 atom stereocenters. The Labute approximate surface area is 240 Å². The number of aliphatic carboxylic acids is 1. The van der Waals surface area contributed by atoms with Crippen molar-refractivity contribution in [3.05, 3.63) is 83.9 Å². The van der Waals surface area contributed by atoms with Crippen LogP contribution in [0.3, 0.4) is 0 Å². The van der Waals surface area contributed by atoms with Crippen molar-refractivity contribution in [1.29, 1.82) is 0 Å². The number of piperidine rings is 1. The third-order valence-corrected chi connectivity index (χ3v) is 10.3. The summed E-state index contributed by atoms with van der Waals surface area (Å²) in [5.74, 6) is 1.39. The average Bonchev–Trinajstić information content (AvgIpc) is 3.40. The topological polar surface area (TPSA) is 43.8 Å². The number of fused-ring (bicyclic) bond motifs is 1. The summed E-state index contributed by atoms with van der Waals surface area (Å²) in [5, 5.41) is 13.1. The number of carboxylic acid groups (broad SMARTS) is 1. The summed E-state index contributed by atoms with van der Waals surface area (Å²) >= 11 is 0. The van der Waals surface area contributed by atoms with Gasteiger partial charge < -0.3 is 10.0 Å². The largest absolute Gasteiger partial charge is 0.480 e. The molecular weight excluding hydrogens is 492 g/mol. The van der Waals surface area contributed by atoms with Crippen LogP contribution in [0.1, 0.15) is 68.4 Å². The number of carbonyl (C=O) groups is 1. The summed E-state index contributed by atoms with van der Waals surface area (Å²) in [7, 11) is 0. The molecule has 6 rings (SSSR count). The third-order valence-electron chi connectivity index (χ3n) is 10.3. The molecular formula is C36H46N2O2. The smallest absolute Gasteiger partial charge is 0.321 e. The molecule has 0 spiro atoms. The van der Waals surface area contributed by atoms with Gasteiger partial charge in [-0.1, -0.05) is 92.1 Å². The van der Waals surface area contributed by atoms with E-state index in [0.717, 1.165) is 44.8 Å². The summed E-state index contributed by atoms with van der Waals surface area (Å²) in [6.45, 7) is 5.22. The van der Waals surface area contributed by atoms with Crippen LogP contribution < -0.4 is 0 Å². The van der Waals surface area contributed by atoms with Crippen LogP contribution in [0.2, 0.25) is 0 Å². The number of benzene rings is 3. The van der Waals surface area contributed by atoms with E-state index in [9.17, 15) is 9.90 Å². The van der Waals surface area contributed by atoms with Gasteiger partial charge in [0, 0.05) is 25.6 Å². The Balaban J connectivity index is 1.08. The molecule has 2 aliphatic heterocycles. The molecule has 0 amide bonds. The molecule has 1 saturated carbocycles. The number of hydrogen-bond acceptors (Lipinski definition) is 3. The Morgan fingerprint density at radius 3 is 2.33 bits per heavy atom. The van der Waals surface area contributed by atoms with Crippen LogP contribution in [0.15, 0.2) is 72.8 Å². The van der Waals surface area contributed by atoms with Gasteiger partial charge >= 0.3 is 5.97 Å². The number of likely N-dealkylation sites (tertiary alicyclic amines) is 2. The fraction of sp³-hybridized carbons (Fsp3) is 0.528. The minimum atomic E-state index is -0.605. The zero-order valence-electron chi connectivity index (χ0n) is 24.0. The highest BCUT2D eigenvalue weighted by atomic mass is 16.4. The Morgan fingerprint density at radius 2 is 1.55 bits per heavy atom. The standard InChI is InChI=1S/C36H46N2O2/c39-36(40)35(31-13-5-2-6-14-31)38-25-32(34(26-38)29-10-3-1-4-11-29)24-37-22-20-27(21-23-37)18-19-30-16-9-15-28-12-7-8-17-33(28)30/h1,3-4,7-12,15-17,27,31-32,34-35H,2,5-6,13-14,18-26H2,(H,39,40)/t32-,34?,35+/m0/s1. The number of nitrogens with zero attached hydrogens (tertiary/aromatic N) is 2. The van der Waals surface area contributed by atoms with E-state index in [1.165, 1.54) is 73.5 Å². The van der Waals surface area contributed by atoms with E-state index < -0.39 is 5.97 Å². The van der Waals surface area contributed by atoms with Crippen LogP contribution in [0.4, 0.5) is 0 Å². The zero-order chi connectivity index (χ0) is 27.3. The predicted octanol–water partition coefficient (Wildman–Crippen LogP) is 7.23. The Bertz CT molecular complexity index is 1240. The molecule has 0 bridgehead atoms. The second-order valence-electron chi connectivity index (χ2n) is 12.8. The zero-order valence-corrected chi connectivity index (χ0v) is 24.0. The summed E-state index contributed by atoms with van der Waals surface area (Å²) in [6, 6.07) is 26.1. The molecule has 3 aromatic rings. The van der Waals surface area contributed by atoms with Crippen LogP contribution in [0.5, 0.6) is 0 Å². The molecule has 2 saturated heterocycles. The van der Waals surface area contributed by atoms with E-state index >= 15 is 0 Å². The first kappa shape index (κ1) is 27.5. The first-order valence-electron chi connectivity index (χ1n) is 15.9. The Hall–Kier alpha value is -2.69. The van der Waals surface area contributed by atoms with Gasteiger partial charge in [0.2, 0.25) is 0 Å². The van der Waals surface area contributed by atoms with Gasteiger partial charge in [-0.05, 0) is 91.3 Å². The van der Waals surface area contributed by atoms with Crippen molar-refractivity contribution in [2.45, 2.75) is 69.7 Å². The molecule has 3 aliphatic rings. The number of aryl methyl sites for hydroxylation is 1. The van der Waals surface area contributed by atoms with Crippen LogP contribution in [0.25, 0.3) is 10.8 Å². The summed E-state index contributed by atoms with van der Waals surface area (Å²) in [4.78, 5) is 17.6. The molecule has 1 aliphatic carbocycles. The first-order valence-corrected chi connectivity index (χ1v) is 15.9. The van der Waals surface area contributed by atoms with E-state index in [1.54, 1.807) is 0 Å². The van der Waals surface area contributed by atoms with Gasteiger partial charge in [0.05, 0.1) is 0 Å². The highest BCUT2D eigenvalue weighted by Gasteiger charge is 2.43. The first-order chi connectivity index (χ1) is 19.7. The van der Waals surface area contributed by atoms with Crippen LogP contribution in [-0.2, 0) is 11.2 Å². The predicted molar refractivity (Wildman–Crippen MR) is 164 cm³/mol. The van der Waals surface area contributed by atoms with E-state index in [2.05, 4.69) is 82.6 Å². The Kier molecular flexibility index (Phi) is 8.84. The minimum absolute atomic E-state index is 0.305. The fourth-order valence-electron chi connectivity index (χ4n) is 8.16. The van der Waals surface area contributed by atoms with Crippen molar-refractivity contribution in [2.24, 2.45) is 17.8 Å². The molecule has 0 aromatic heterocycles. The van der Waals surface area contributed by atoms with Crippen LogP contribution in [-0.4, -0.2) is 59.6 Å². The quantitative estimate of drug-likeness (QED) is 0.312. The van der Waals surface area contributed by atoms with E-state index in [1.807, 2.05) is 0 Å². The van der Waals surface area contributed by atoms with E-state index in [4.69, 9.17) is 0 Å². The van der Waals surface area contributed by atoms with Crippen molar-refractivity contribution in [1.82, 2.24) is 9.80 Å². The van der Waals surface area contributed by atoms with Crippen molar-refractivity contribution < 1.29 is 9.90 Å². The fourth-order valence-corrected chi connectivity index (χ4v) is 8.16. The molecule has 40 heavy (non-hydrogen) atoms. The molecule has 4 nitrogen and oxygen atoms in total. The number of hydrogen-bond donors (Lipinski definition) is 1. The second kappa shape index (κ2) is 12.9. The van der Waals surface area contributed by atoms with Gasteiger partial charge in [0.25, 0.3) is 0 Å². The van der Waals surface area contributed by atoms with Crippen molar-refractivity contribution in [3.8, 4) is 0 Å². The van der Waals surface area contributed by atoms with Gasteiger partial charge in [-0.15, -0.1) is 0 Å². The maximum absolute atomic E-state index is 12.5. The maximum Gasteiger partial charge on any atom is 0.321 e. The summed E-state index contributed by atoms with van der Waals surface area (Å²) in [6.07, 6.45) is 10.8. The summed E-state index contributed by atoms with van der Waals surface area (Å²) in [5.41, 5.74) is 2.87. The number of rotatable bonds is 9. The van der Waals surface area contributed by atoms with Gasteiger partial charge in [0.15, 0.2) is 0 Å². The number of carboxylic acids is 1. The Morgan fingerprint density at radius 1 is 0.825 bits per heavy atom. The lowest BCUT2D eigenvalue weighted by molar-refractivity contribution is -0.145. The van der Waals surface area contributed by atoms with Gasteiger partial charge in [-0.25, -0.2) is 0 Å². The third kappa shape index (κ3) is 6.29. The van der Waals surface area contributed by atoms with Gasteiger partial charge in [-0.3, -0.25) is 9.69 Å². The highest BCUT2D eigenvalue weighted by Crippen LogP contribution is 2.39. The summed E-state index contributed by atoms with van der Waals surface area (Å²) < 4.78 is 0. The van der Waals surface area contributed by atoms with Gasteiger partial charge in [0.1, 0.15) is 6.04 Å². The molecule has 0 radical (unpaired) electrons. The highest BCUT2D eigenvalue weighted by molar-refractivity contribution is 5.85. The molecule has 2 heterocycles.